The Morgan fingerprint density at radius 2 is 1.88 bits per heavy atom. The maximum Gasteiger partial charge on any atom is 0.283 e. The zero-order valence-electron chi connectivity index (χ0n) is 13.4. The van der Waals surface area contributed by atoms with Crippen molar-refractivity contribution >= 4 is 29.5 Å². The number of hydrazine groups is 1. The Balaban J connectivity index is 1.53. The Kier molecular flexibility index (Phi) is 5.38. The summed E-state index contributed by atoms with van der Waals surface area (Å²) in [6.07, 6.45) is 1.36. The number of hydrogen-bond acceptors (Lipinski definition) is 4. The number of para-hydroxylation sites is 2. The lowest BCUT2D eigenvalue weighted by Gasteiger charge is -2.25. The van der Waals surface area contributed by atoms with Gasteiger partial charge in [-0.05, 0) is 30.3 Å². The molecular weight excluding hydrogens is 363 g/mol. The van der Waals surface area contributed by atoms with Crippen molar-refractivity contribution in [3.8, 4) is 11.5 Å². The van der Waals surface area contributed by atoms with Crippen LogP contribution in [0.25, 0.3) is 6.08 Å². The molecule has 1 unspecified atom stereocenters. The summed E-state index contributed by atoms with van der Waals surface area (Å²) >= 11 is 5.86. The van der Waals surface area contributed by atoms with Gasteiger partial charge in [0.15, 0.2) is 11.5 Å². The highest BCUT2D eigenvalue weighted by Crippen LogP contribution is 2.30. The monoisotopic (exact) mass is 376 g/mol. The summed E-state index contributed by atoms with van der Waals surface area (Å²) in [7, 11) is 0. The lowest BCUT2D eigenvalue weighted by atomic mass is 10.2. The van der Waals surface area contributed by atoms with E-state index in [9.17, 15) is 14.0 Å². The summed E-state index contributed by atoms with van der Waals surface area (Å²) in [4.78, 5) is 23.8. The van der Waals surface area contributed by atoms with Crippen molar-refractivity contribution in [2.45, 2.75) is 6.10 Å². The smallest absolute Gasteiger partial charge is 0.283 e. The summed E-state index contributed by atoms with van der Waals surface area (Å²) in [6, 6.07) is 11.1. The Morgan fingerprint density at radius 1 is 1.12 bits per heavy atom. The maximum atomic E-state index is 13.6. The van der Waals surface area contributed by atoms with E-state index in [1.807, 2.05) is 0 Å². The van der Waals surface area contributed by atoms with E-state index < -0.39 is 23.7 Å². The molecule has 0 radical (unpaired) electrons. The molecule has 2 aromatic rings. The number of carbonyl (C=O) groups excluding carboxylic acids is 2. The molecule has 6 nitrogen and oxygen atoms in total. The van der Waals surface area contributed by atoms with E-state index in [-0.39, 0.29) is 17.2 Å². The average molecular weight is 377 g/mol. The molecule has 2 aromatic carbocycles. The van der Waals surface area contributed by atoms with Gasteiger partial charge in [0.1, 0.15) is 12.4 Å². The molecule has 0 saturated heterocycles. The fourth-order valence-electron chi connectivity index (χ4n) is 2.22. The van der Waals surface area contributed by atoms with Crippen LogP contribution in [0, 0.1) is 5.82 Å². The molecule has 3 rings (SSSR count). The van der Waals surface area contributed by atoms with Gasteiger partial charge < -0.3 is 9.47 Å². The molecule has 2 amide bonds. The largest absolute Gasteiger partial charge is 0.485 e. The van der Waals surface area contributed by atoms with Crippen molar-refractivity contribution in [3.63, 3.8) is 0 Å². The zero-order chi connectivity index (χ0) is 18.5. The van der Waals surface area contributed by atoms with Crippen LogP contribution in [0.2, 0.25) is 5.02 Å². The molecule has 0 fully saturated rings. The number of hydrogen-bond donors (Lipinski definition) is 2. The summed E-state index contributed by atoms with van der Waals surface area (Å²) < 4.78 is 24.6. The van der Waals surface area contributed by atoms with Crippen LogP contribution in [0.3, 0.4) is 0 Å². The van der Waals surface area contributed by atoms with Gasteiger partial charge in [-0.2, -0.15) is 0 Å². The van der Waals surface area contributed by atoms with E-state index in [1.54, 1.807) is 24.3 Å². The van der Waals surface area contributed by atoms with E-state index in [0.717, 1.165) is 6.08 Å². The third-order valence-electron chi connectivity index (χ3n) is 3.51. The zero-order valence-corrected chi connectivity index (χ0v) is 14.1. The van der Waals surface area contributed by atoms with Gasteiger partial charge in [0.2, 0.25) is 6.10 Å². The van der Waals surface area contributed by atoms with Crippen molar-refractivity contribution < 1.29 is 23.5 Å². The van der Waals surface area contributed by atoms with Crippen LogP contribution in [0.15, 0.2) is 48.5 Å². The molecule has 1 aliphatic heterocycles. The fourth-order valence-corrected chi connectivity index (χ4v) is 2.45. The van der Waals surface area contributed by atoms with Crippen molar-refractivity contribution in [3.05, 3.63) is 64.9 Å². The van der Waals surface area contributed by atoms with Crippen LogP contribution in [-0.4, -0.2) is 24.5 Å². The van der Waals surface area contributed by atoms with Crippen molar-refractivity contribution in [1.82, 2.24) is 10.9 Å². The van der Waals surface area contributed by atoms with Gasteiger partial charge >= 0.3 is 0 Å². The first-order valence-corrected chi connectivity index (χ1v) is 8.03. The highest BCUT2D eigenvalue weighted by molar-refractivity contribution is 6.32. The molecule has 0 saturated carbocycles. The predicted molar refractivity (Wildman–Crippen MR) is 93.1 cm³/mol. The highest BCUT2D eigenvalue weighted by atomic mass is 35.5. The highest BCUT2D eigenvalue weighted by Gasteiger charge is 2.27. The molecule has 1 heterocycles. The van der Waals surface area contributed by atoms with Crippen LogP contribution >= 0.6 is 11.6 Å². The van der Waals surface area contributed by atoms with Crippen LogP contribution in [0.5, 0.6) is 11.5 Å². The number of benzene rings is 2. The predicted octanol–water partition coefficient (Wildman–Crippen LogP) is 2.48. The molecule has 0 spiro atoms. The number of amides is 2. The number of rotatable bonds is 3. The average Bonchev–Trinajstić information content (AvgIpc) is 2.65. The van der Waals surface area contributed by atoms with Crippen molar-refractivity contribution in [1.29, 1.82) is 0 Å². The second-order valence-electron chi connectivity index (χ2n) is 5.31. The standard InChI is InChI=1S/C18H14ClFN2O4/c19-12-4-3-5-13(20)11(12)8-9-17(23)21-22-18(24)16-10-25-14-6-1-2-7-15(14)26-16/h1-9,16H,10H2,(H,21,23)(H,22,24)/b9-8+. The number of nitrogens with one attached hydrogen (secondary N) is 2. The minimum absolute atomic E-state index is 0.0133. The van der Waals surface area contributed by atoms with Gasteiger partial charge in [-0.1, -0.05) is 29.8 Å². The summed E-state index contributed by atoms with van der Waals surface area (Å²) in [5, 5.41) is 0.171. The lowest BCUT2D eigenvalue weighted by Crippen LogP contribution is -2.50. The van der Waals surface area contributed by atoms with Gasteiger partial charge in [-0.15, -0.1) is 0 Å². The topological polar surface area (TPSA) is 76.7 Å². The number of fused-ring (bicyclic) bond motifs is 1. The second-order valence-corrected chi connectivity index (χ2v) is 5.72. The van der Waals surface area contributed by atoms with Crippen LogP contribution < -0.4 is 20.3 Å². The van der Waals surface area contributed by atoms with Gasteiger partial charge in [0.05, 0.1) is 5.02 Å². The maximum absolute atomic E-state index is 13.6. The summed E-state index contributed by atoms with van der Waals surface area (Å²) in [5.41, 5.74) is 4.49. The summed E-state index contributed by atoms with van der Waals surface area (Å²) in [5.74, 6) is -0.804. The van der Waals surface area contributed by atoms with Crippen LogP contribution in [-0.2, 0) is 9.59 Å². The molecule has 26 heavy (non-hydrogen) atoms. The first-order chi connectivity index (χ1) is 12.5. The van der Waals surface area contributed by atoms with Gasteiger partial charge in [-0.3, -0.25) is 20.4 Å². The number of ether oxygens (including phenoxy) is 2. The third kappa shape index (κ3) is 4.12. The third-order valence-corrected chi connectivity index (χ3v) is 3.84. The quantitative estimate of drug-likeness (QED) is 0.637. The number of halogens is 2. The minimum Gasteiger partial charge on any atom is -0.485 e. The molecule has 2 N–H and O–H groups in total. The number of carbonyl (C=O) groups is 2. The normalized spacial score (nSPS) is 15.5. The van der Waals surface area contributed by atoms with Gasteiger partial charge in [0, 0.05) is 11.6 Å². The van der Waals surface area contributed by atoms with E-state index in [2.05, 4.69) is 10.9 Å². The van der Waals surface area contributed by atoms with E-state index in [4.69, 9.17) is 21.1 Å². The Morgan fingerprint density at radius 3 is 2.65 bits per heavy atom. The Labute approximate surface area is 153 Å². The SMILES string of the molecule is O=C(/C=C/c1c(F)cccc1Cl)NNC(=O)C1COc2ccccc2O1. The van der Waals surface area contributed by atoms with E-state index in [0.29, 0.717) is 11.5 Å². The van der Waals surface area contributed by atoms with E-state index >= 15 is 0 Å². The van der Waals surface area contributed by atoms with Gasteiger partial charge in [0.25, 0.3) is 11.8 Å². The first kappa shape index (κ1) is 17.8. The molecule has 0 bridgehead atoms. The molecule has 0 aliphatic carbocycles. The summed E-state index contributed by atoms with van der Waals surface area (Å²) in [6.45, 7) is 0.0133. The Bertz CT molecular complexity index is 852. The lowest BCUT2D eigenvalue weighted by molar-refractivity contribution is -0.134. The molecule has 134 valence electrons. The molecule has 0 aromatic heterocycles. The van der Waals surface area contributed by atoms with E-state index in [1.165, 1.54) is 24.3 Å². The molecule has 8 heteroatoms. The fraction of sp³-hybridized carbons (Fsp3) is 0.111. The minimum atomic E-state index is -0.907. The molecular formula is C18H14ClFN2O4. The molecule has 1 aliphatic rings. The van der Waals surface area contributed by atoms with Crippen LogP contribution in [0.1, 0.15) is 5.56 Å². The van der Waals surface area contributed by atoms with Gasteiger partial charge in [-0.25, -0.2) is 4.39 Å². The molecule has 1 atom stereocenters. The Hall–Kier alpha value is -3.06. The van der Waals surface area contributed by atoms with Crippen molar-refractivity contribution in [2.24, 2.45) is 0 Å². The van der Waals surface area contributed by atoms with Crippen molar-refractivity contribution in [2.75, 3.05) is 6.61 Å². The first-order valence-electron chi connectivity index (χ1n) is 7.65. The second kappa shape index (κ2) is 7.88. The van der Waals surface area contributed by atoms with Crippen LogP contribution in [0.4, 0.5) is 4.39 Å².